The van der Waals surface area contributed by atoms with E-state index >= 15 is 0 Å². The third kappa shape index (κ3) is 64.8. The van der Waals surface area contributed by atoms with Crippen LogP contribution in [0.2, 0.25) is 0 Å². The topological polar surface area (TPSA) is 78.9 Å². The fourth-order valence-electron chi connectivity index (χ4n) is 9.22. The lowest BCUT2D eigenvalue weighted by Crippen LogP contribution is -2.30. The second-order valence-electron chi connectivity index (χ2n) is 22.0. The molecular weight excluding hydrogens is 973 g/mol. The van der Waals surface area contributed by atoms with Gasteiger partial charge in [-0.1, -0.05) is 284 Å². The molecule has 0 spiro atoms. The molecular formula is C73H124O6. The molecule has 0 fully saturated rings. The molecule has 0 saturated heterocycles. The van der Waals surface area contributed by atoms with Gasteiger partial charge in [0.25, 0.3) is 0 Å². The van der Waals surface area contributed by atoms with Crippen molar-refractivity contribution in [2.75, 3.05) is 13.2 Å². The van der Waals surface area contributed by atoms with Crippen LogP contribution in [-0.4, -0.2) is 37.2 Å². The van der Waals surface area contributed by atoms with Gasteiger partial charge in [0.15, 0.2) is 6.10 Å². The van der Waals surface area contributed by atoms with Crippen LogP contribution in [-0.2, 0) is 28.6 Å². The highest BCUT2D eigenvalue weighted by Crippen LogP contribution is 2.16. The number of allylic oxidation sites excluding steroid dienone is 18. The number of rotatable bonds is 60. The highest BCUT2D eigenvalue weighted by atomic mass is 16.6. The van der Waals surface area contributed by atoms with Gasteiger partial charge in [-0.05, 0) is 122 Å². The molecule has 0 amide bonds. The van der Waals surface area contributed by atoms with E-state index in [0.29, 0.717) is 19.3 Å². The fraction of sp³-hybridized carbons (Fsp3) is 0.712. The van der Waals surface area contributed by atoms with Crippen LogP contribution in [0.5, 0.6) is 0 Å². The minimum absolute atomic E-state index is 0.0823. The Balaban J connectivity index is 4.22. The zero-order chi connectivity index (χ0) is 57.1. The average molecular weight is 1100 g/mol. The first kappa shape index (κ1) is 75.1. The zero-order valence-electron chi connectivity index (χ0n) is 51.9. The van der Waals surface area contributed by atoms with Gasteiger partial charge in [-0.15, -0.1) is 0 Å². The Morgan fingerprint density at radius 1 is 0.266 bits per heavy atom. The lowest BCUT2D eigenvalue weighted by Gasteiger charge is -2.18. The molecule has 0 aliphatic rings. The highest BCUT2D eigenvalue weighted by molar-refractivity contribution is 5.71. The van der Waals surface area contributed by atoms with Crippen molar-refractivity contribution in [3.05, 3.63) is 109 Å². The molecule has 0 rings (SSSR count). The molecule has 0 N–H and O–H groups in total. The van der Waals surface area contributed by atoms with Crippen LogP contribution < -0.4 is 0 Å². The third-order valence-electron chi connectivity index (χ3n) is 14.2. The second kappa shape index (κ2) is 66.6. The first-order valence-corrected chi connectivity index (χ1v) is 33.4. The van der Waals surface area contributed by atoms with Crippen LogP contribution in [0.3, 0.4) is 0 Å². The van der Waals surface area contributed by atoms with Crippen LogP contribution in [0.15, 0.2) is 109 Å². The maximum Gasteiger partial charge on any atom is 0.306 e. The molecule has 79 heavy (non-hydrogen) atoms. The monoisotopic (exact) mass is 1100 g/mol. The predicted octanol–water partition coefficient (Wildman–Crippen LogP) is 23.0. The zero-order valence-corrected chi connectivity index (χ0v) is 51.9. The summed E-state index contributed by atoms with van der Waals surface area (Å²) in [6.45, 7) is 6.47. The molecule has 0 radical (unpaired) electrons. The summed E-state index contributed by atoms with van der Waals surface area (Å²) in [6, 6.07) is 0. The number of ether oxygens (including phenoxy) is 3. The standard InChI is InChI=1S/C73H124O6/c1-4-7-10-13-16-19-22-24-26-28-30-31-32-33-34-35-36-37-38-39-40-41-43-44-46-48-51-54-57-60-63-66-72(75)78-69-70(68-77-71(74)65-62-59-56-53-50-21-18-15-12-9-6-3)79-73(76)67-64-61-58-55-52-49-47-45-42-29-27-25-23-20-17-14-11-8-5-2/h7,10,15-20,24-27,30-31,33-34,36-37,70H,4-6,8-9,11-14,21-23,28-29,32,35,38-69H2,1-3H3/b10-7-,18-15-,19-16-,20-17-,26-24-,27-25-,31-30-,34-33-,37-36-. The molecule has 0 bridgehead atoms. The van der Waals surface area contributed by atoms with Crippen LogP contribution in [0.25, 0.3) is 0 Å². The van der Waals surface area contributed by atoms with Gasteiger partial charge in [-0.3, -0.25) is 14.4 Å². The van der Waals surface area contributed by atoms with Crippen molar-refractivity contribution < 1.29 is 28.6 Å². The third-order valence-corrected chi connectivity index (χ3v) is 14.2. The maximum atomic E-state index is 12.9. The van der Waals surface area contributed by atoms with E-state index in [1.807, 2.05) is 0 Å². The van der Waals surface area contributed by atoms with Crippen molar-refractivity contribution in [2.45, 2.75) is 322 Å². The molecule has 0 saturated carbocycles. The summed E-state index contributed by atoms with van der Waals surface area (Å²) in [6.07, 6.45) is 91.0. The molecule has 0 aliphatic heterocycles. The van der Waals surface area contributed by atoms with Crippen molar-refractivity contribution in [1.29, 1.82) is 0 Å². The van der Waals surface area contributed by atoms with Crippen molar-refractivity contribution in [2.24, 2.45) is 0 Å². The minimum Gasteiger partial charge on any atom is -0.462 e. The molecule has 1 unspecified atom stereocenters. The Hall–Kier alpha value is -3.93. The summed E-state index contributed by atoms with van der Waals surface area (Å²) in [5.41, 5.74) is 0. The molecule has 6 heteroatoms. The van der Waals surface area contributed by atoms with E-state index in [4.69, 9.17) is 14.2 Å². The number of carbonyl (C=O) groups is 3. The van der Waals surface area contributed by atoms with E-state index in [1.54, 1.807) is 0 Å². The molecule has 0 aromatic heterocycles. The van der Waals surface area contributed by atoms with Crippen molar-refractivity contribution in [3.63, 3.8) is 0 Å². The summed E-state index contributed by atoms with van der Waals surface area (Å²) in [4.78, 5) is 38.3. The van der Waals surface area contributed by atoms with Crippen LogP contribution in [0.4, 0.5) is 0 Å². The molecule has 0 aromatic rings. The van der Waals surface area contributed by atoms with Gasteiger partial charge in [0.1, 0.15) is 13.2 Å². The smallest absolute Gasteiger partial charge is 0.306 e. The maximum absolute atomic E-state index is 12.9. The largest absolute Gasteiger partial charge is 0.462 e. The van der Waals surface area contributed by atoms with Gasteiger partial charge >= 0.3 is 17.9 Å². The SMILES string of the molecule is CC/C=C\C/C=C\C/C=C\C/C=C\C/C=C\C/C=C\CCCCCCCCCCCCCCC(=O)OCC(COC(=O)CCCCCCC/C=C\CCCC)OC(=O)CCCCCCCCCCC/C=C\C/C=C\CCCCC. The summed E-state index contributed by atoms with van der Waals surface area (Å²) in [5, 5.41) is 0. The summed E-state index contributed by atoms with van der Waals surface area (Å²) in [7, 11) is 0. The molecule has 6 nitrogen and oxygen atoms in total. The van der Waals surface area contributed by atoms with E-state index in [1.165, 1.54) is 167 Å². The number of hydrogen-bond donors (Lipinski definition) is 0. The van der Waals surface area contributed by atoms with Crippen LogP contribution in [0, 0.1) is 0 Å². The minimum atomic E-state index is -0.785. The first-order valence-electron chi connectivity index (χ1n) is 33.4. The summed E-state index contributed by atoms with van der Waals surface area (Å²) in [5.74, 6) is -0.889. The van der Waals surface area contributed by atoms with Gasteiger partial charge < -0.3 is 14.2 Å². The Bertz CT molecular complexity index is 1590. The molecule has 452 valence electrons. The molecule has 0 heterocycles. The Morgan fingerprint density at radius 2 is 0.506 bits per heavy atom. The summed E-state index contributed by atoms with van der Waals surface area (Å²) >= 11 is 0. The van der Waals surface area contributed by atoms with E-state index in [-0.39, 0.29) is 31.1 Å². The number of hydrogen-bond acceptors (Lipinski definition) is 6. The van der Waals surface area contributed by atoms with Crippen LogP contribution in [0.1, 0.15) is 316 Å². The van der Waals surface area contributed by atoms with Gasteiger partial charge in [-0.2, -0.15) is 0 Å². The van der Waals surface area contributed by atoms with Crippen molar-refractivity contribution in [3.8, 4) is 0 Å². The van der Waals surface area contributed by atoms with Gasteiger partial charge in [-0.25, -0.2) is 0 Å². The molecule has 1 atom stereocenters. The first-order chi connectivity index (χ1) is 39.0. The van der Waals surface area contributed by atoms with Gasteiger partial charge in [0.05, 0.1) is 0 Å². The Labute approximate surface area is 489 Å². The Morgan fingerprint density at radius 3 is 0.823 bits per heavy atom. The number of esters is 3. The Kier molecular flexibility index (Phi) is 63.3. The van der Waals surface area contributed by atoms with Crippen molar-refractivity contribution >= 4 is 17.9 Å². The lowest BCUT2D eigenvalue weighted by atomic mass is 10.0. The normalized spacial score (nSPS) is 12.8. The van der Waals surface area contributed by atoms with E-state index < -0.39 is 6.10 Å². The van der Waals surface area contributed by atoms with E-state index in [0.717, 1.165) is 109 Å². The predicted molar refractivity (Wildman–Crippen MR) is 343 cm³/mol. The quantitative estimate of drug-likeness (QED) is 0.0261. The van der Waals surface area contributed by atoms with Crippen molar-refractivity contribution in [1.82, 2.24) is 0 Å². The fourth-order valence-corrected chi connectivity index (χ4v) is 9.22. The number of carbonyl (C=O) groups excluding carboxylic acids is 3. The van der Waals surface area contributed by atoms with Gasteiger partial charge in [0.2, 0.25) is 0 Å². The number of unbranched alkanes of at least 4 members (excludes halogenated alkanes) is 31. The molecule has 0 aromatic carbocycles. The molecule has 0 aliphatic carbocycles. The highest BCUT2D eigenvalue weighted by Gasteiger charge is 2.19. The second-order valence-corrected chi connectivity index (χ2v) is 22.0. The lowest BCUT2D eigenvalue weighted by molar-refractivity contribution is -0.167. The van der Waals surface area contributed by atoms with Gasteiger partial charge in [0, 0.05) is 19.3 Å². The average Bonchev–Trinajstić information content (AvgIpc) is 3.45. The van der Waals surface area contributed by atoms with Crippen LogP contribution >= 0.6 is 0 Å². The summed E-state index contributed by atoms with van der Waals surface area (Å²) < 4.78 is 16.9. The van der Waals surface area contributed by atoms with E-state index in [9.17, 15) is 14.4 Å². The van der Waals surface area contributed by atoms with E-state index in [2.05, 4.69) is 130 Å².